The molecule has 2 fully saturated rings. The second-order valence-electron chi connectivity index (χ2n) is 4.64. The van der Waals surface area contributed by atoms with Crippen molar-refractivity contribution in [2.24, 2.45) is 17.8 Å². The molecule has 4 nitrogen and oxygen atoms in total. The van der Waals surface area contributed by atoms with Crippen molar-refractivity contribution in [1.29, 1.82) is 0 Å². The highest BCUT2D eigenvalue weighted by molar-refractivity contribution is 5.67. The molecule has 1 saturated carbocycles. The maximum atomic E-state index is 11.2. The van der Waals surface area contributed by atoms with Crippen LogP contribution in [0.1, 0.15) is 19.3 Å². The molecule has 2 unspecified atom stereocenters. The van der Waals surface area contributed by atoms with Gasteiger partial charge in [-0.1, -0.05) is 0 Å². The Bertz CT molecular complexity index is 236. The lowest BCUT2D eigenvalue weighted by Gasteiger charge is -2.31. The Labute approximate surface area is 90.2 Å². The fraction of sp³-hybridized carbons (Fsp3) is 0.909. The molecular weight excluding hydrogens is 194 g/mol. The van der Waals surface area contributed by atoms with Gasteiger partial charge in [0.15, 0.2) is 0 Å². The molecule has 1 amide bonds. The number of likely N-dealkylation sites (tertiary alicyclic amines) is 1. The fourth-order valence-electron chi connectivity index (χ4n) is 2.70. The first-order valence-corrected chi connectivity index (χ1v) is 5.70. The molecule has 2 aliphatic rings. The summed E-state index contributed by atoms with van der Waals surface area (Å²) < 4.78 is 4.69. The van der Waals surface area contributed by atoms with E-state index in [1.165, 1.54) is 13.5 Å². The Morgan fingerprint density at radius 3 is 2.60 bits per heavy atom. The Morgan fingerprint density at radius 1 is 1.47 bits per heavy atom. The summed E-state index contributed by atoms with van der Waals surface area (Å²) >= 11 is 0. The number of rotatable bonds is 2. The highest BCUT2D eigenvalue weighted by Gasteiger charge is 2.43. The fourth-order valence-corrected chi connectivity index (χ4v) is 2.70. The van der Waals surface area contributed by atoms with E-state index in [0.717, 1.165) is 31.8 Å². The smallest absolute Gasteiger partial charge is 0.409 e. The zero-order valence-electron chi connectivity index (χ0n) is 9.19. The van der Waals surface area contributed by atoms with Crippen molar-refractivity contribution in [1.82, 2.24) is 4.90 Å². The van der Waals surface area contributed by atoms with Crippen molar-refractivity contribution in [3.63, 3.8) is 0 Å². The van der Waals surface area contributed by atoms with Gasteiger partial charge < -0.3 is 14.7 Å². The van der Waals surface area contributed by atoms with Gasteiger partial charge in [-0.3, -0.25) is 0 Å². The summed E-state index contributed by atoms with van der Waals surface area (Å²) in [7, 11) is 1.43. The van der Waals surface area contributed by atoms with Gasteiger partial charge in [-0.25, -0.2) is 4.79 Å². The minimum absolute atomic E-state index is 0.206. The number of piperidine rings is 1. The summed E-state index contributed by atoms with van der Waals surface area (Å²) in [5.41, 5.74) is 0. The van der Waals surface area contributed by atoms with Crippen molar-refractivity contribution in [3.8, 4) is 0 Å². The van der Waals surface area contributed by atoms with Gasteiger partial charge in [0, 0.05) is 19.7 Å². The Kier molecular flexibility index (Phi) is 3.14. The van der Waals surface area contributed by atoms with Gasteiger partial charge in [-0.05, 0) is 37.0 Å². The predicted octanol–water partition coefficient (Wildman–Crippen LogP) is 1.09. The van der Waals surface area contributed by atoms with E-state index in [2.05, 4.69) is 0 Å². The van der Waals surface area contributed by atoms with E-state index in [-0.39, 0.29) is 6.09 Å². The molecule has 1 aliphatic carbocycles. The highest BCUT2D eigenvalue weighted by atomic mass is 16.5. The van der Waals surface area contributed by atoms with Crippen LogP contribution in [0.25, 0.3) is 0 Å². The Morgan fingerprint density at radius 2 is 2.13 bits per heavy atom. The molecule has 15 heavy (non-hydrogen) atoms. The van der Waals surface area contributed by atoms with E-state index in [0.29, 0.717) is 18.4 Å². The number of nitrogens with zero attached hydrogens (tertiary/aromatic N) is 1. The van der Waals surface area contributed by atoms with E-state index < -0.39 is 0 Å². The molecule has 0 radical (unpaired) electrons. The van der Waals surface area contributed by atoms with E-state index in [4.69, 9.17) is 9.84 Å². The molecule has 0 bridgehead atoms. The summed E-state index contributed by atoms with van der Waals surface area (Å²) in [4.78, 5) is 13.0. The molecule has 0 aromatic heterocycles. The third-order valence-electron chi connectivity index (χ3n) is 3.79. The van der Waals surface area contributed by atoms with Crippen LogP contribution in [0, 0.1) is 17.8 Å². The average Bonchev–Trinajstić information content (AvgIpc) is 3.07. The van der Waals surface area contributed by atoms with Gasteiger partial charge in [0.05, 0.1) is 7.11 Å². The van der Waals surface area contributed by atoms with E-state index in [1.807, 2.05) is 0 Å². The van der Waals surface area contributed by atoms with E-state index in [9.17, 15) is 4.79 Å². The number of methoxy groups -OCH3 is 1. The van der Waals surface area contributed by atoms with Crippen molar-refractivity contribution in [2.45, 2.75) is 19.3 Å². The van der Waals surface area contributed by atoms with Gasteiger partial charge in [-0.2, -0.15) is 0 Å². The zero-order chi connectivity index (χ0) is 10.8. The molecule has 1 saturated heterocycles. The largest absolute Gasteiger partial charge is 0.453 e. The summed E-state index contributed by atoms with van der Waals surface area (Å²) in [6.45, 7) is 1.96. The number of aliphatic hydroxyl groups excluding tert-OH is 1. The molecule has 2 atom stereocenters. The maximum Gasteiger partial charge on any atom is 0.409 e. The Hall–Kier alpha value is -0.770. The van der Waals surface area contributed by atoms with Crippen LogP contribution in [0.15, 0.2) is 0 Å². The van der Waals surface area contributed by atoms with Crippen molar-refractivity contribution >= 4 is 6.09 Å². The van der Waals surface area contributed by atoms with Crippen molar-refractivity contribution in [3.05, 3.63) is 0 Å². The molecule has 86 valence electrons. The second kappa shape index (κ2) is 4.39. The third-order valence-corrected chi connectivity index (χ3v) is 3.79. The number of aliphatic hydroxyl groups is 1. The molecular formula is C11H19NO3. The summed E-state index contributed by atoms with van der Waals surface area (Å²) in [6, 6.07) is 0. The first-order chi connectivity index (χ1) is 7.26. The number of ether oxygens (including phenoxy) is 1. The molecule has 1 N–H and O–H groups in total. The van der Waals surface area contributed by atoms with Crippen LogP contribution in [0.2, 0.25) is 0 Å². The minimum atomic E-state index is -0.206. The lowest BCUT2D eigenvalue weighted by molar-refractivity contribution is 0.101. The summed E-state index contributed by atoms with van der Waals surface area (Å²) in [5.74, 6) is 1.97. The van der Waals surface area contributed by atoms with Crippen LogP contribution >= 0.6 is 0 Å². The number of hydrogen-bond acceptors (Lipinski definition) is 3. The number of hydrogen-bond donors (Lipinski definition) is 1. The van der Waals surface area contributed by atoms with Crippen molar-refractivity contribution in [2.75, 3.05) is 26.8 Å². The maximum absolute atomic E-state index is 11.2. The summed E-state index contributed by atoms with van der Waals surface area (Å²) in [5, 5.41) is 9.00. The van der Waals surface area contributed by atoms with E-state index >= 15 is 0 Å². The number of carbonyl (C=O) groups excluding carboxylic acids is 1. The van der Waals surface area contributed by atoms with Crippen LogP contribution in [0.3, 0.4) is 0 Å². The van der Waals surface area contributed by atoms with Crippen LogP contribution < -0.4 is 0 Å². The first kappa shape index (κ1) is 10.7. The molecule has 0 aromatic carbocycles. The Balaban J connectivity index is 1.75. The topological polar surface area (TPSA) is 49.8 Å². The van der Waals surface area contributed by atoms with Gasteiger partial charge in [0.1, 0.15) is 0 Å². The van der Waals surface area contributed by atoms with Crippen molar-refractivity contribution < 1.29 is 14.6 Å². The highest BCUT2D eigenvalue weighted by Crippen LogP contribution is 2.47. The molecule has 0 spiro atoms. The standard InChI is InChI=1S/C11H19NO3/c1-15-11(14)12-4-2-8(3-5-12)10-6-9(10)7-13/h8-10,13H,2-7H2,1H3. The summed E-state index contributed by atoms with van der Waals surface area (Å²) in [6.07, 6.45) is 3.11. The lowest BCUT2D eigenvalue weighted by atomic mass is 9.91. The lowest BCUT2D eigenvalue weighted by Crippen LogP contribution is -2.38. The van der Waals surface area contributed by atoms with Crippen LogP contribution in [0.4, 0.5) is 4.79 Å². The van der Waals surface area contributed by atoms with Crippen LogP contribution in [-0.2, 0) is 4.74 Å². The minimum Gasteiger partial charge on any atom is -0.453 e. The third kappa shape index (κ3) is 2.25. The number of amides is 1. The molecule has 0 aromatic rings. The van der Waals surface area contributed by atoms with Gasteiger partial charge in [0.25, 0.3) is 0 Å². The van der Waals surface area contributed by atoms with Crippen LogP contribution in [0.5, 0.6) is 0 Å². The van der Waals surface area contributed by atoms with Gasteiger partial charge >= 0.3 is 6.09 Å². The van der Waals surface area contributed by atoms with Gasteiger partial charge in [0.2, 0.25) is 0 Å². The normalized spacial score (nSPS) is 31.5. The predicted molar refractivity (Wildman–Crippen MR) is 55.4 cm³/mol. The SMILES string of the molecule is COC(=O)N1CCC(C2CC2CO)CC1. The monoisotopic (exact) mass is 213 g/mol. The first-order valence-electron chi connectivity index (χ1n) is 5.70. The average molecular weight is 213 g/mol. The molecule has 4 heteroatoms. The molecule has 2 rings (SSSR count). The molecule has 1 heterocycles. The number of carbonyl (C=O) groups is 1. The molecule has 1 aliphatic heterocycles. The quantitative estimate of drug-likeness (QED) is 0.747. The van der Waals surface area contributed by atoms with Gasteiger partial charge in [-0.15, -0.1) is 0 Å². The zero-order valence-corrected chi connectivity index (χ0v) is 9.19. The second-order valence-corrected chi connectivity index (χ2v) is 4.64. The van der Waals surface area contributed by atoms with E-state index in [1.54, 1.807) is 4.90 Å². The van der Waals surface area contributed by atoms with Crippen LogP contribution in [-0.4, -0.2) is 42.9 Å².